The van der Waals surface area contributed by atoms with E-state index in [-0.39, 0.29) is 5.82 Å². The molecular weight excluding hydrogens is 217 g/mol. The number of aromatic nitrogens is 3. The van der Waals surface area contributed by atoms with E-state index in [1.54, 1.807) is 12.3 Å². The van der Waals surface area contributed by atoms with Crippen LogP contribution in [0.5, 0.6) is 0 Å². The molecule has 0 radical (unpaired) electrons. The van der Waals surface area contributed by atoms with Gasteiger partial charge in [-0.3, -0.25) is 4.98 Å². The van der Waals surface area contributed by atoms with Crippen LogP contribution in [0.25, 0.3) is 22.4 Å². The summed E-state index contributed by atoms with van der Waals surface area (Å²) in [5.74, 6) is 0.451. The molecule has 17 heavy (non-hydrogen) atoms. The van der Waals surface area contributed by atoms with Gasteiger partial charge < -0.3 is 4.98 Å². The molecule has 2 heterocycles. The molecule has 0 unspecified atom stereocenters. The Labute approximate surface area is 97.3 Å². The average Bonchev–Trinajstić information content (AvgIpc) is 2.72. The molecule has 0 fully saturated rings. The van der Waals surface area contributed by atoms with E-state index in [4.69, 9.17) is 0 Å². The molecule has 2 aromatic heterocycles. The van der Waals surface area contributed by atoms with Gasteiger partial charge in [-0.1, -0.05) is 0 Å². The van der Waals surface area contributed by atoms with Crippen LogP contribution in [-0.2, 0) is 0 Å². The van der Waals surface area contributed by atoms with E-state index in [9.17, 15) is 4.39 Å². The van der Waals surface area contributed by atoms with Crippen molar-refractivity contribution in [2.45, 2.75) is 6.92 Å². The van der Waals surface area contributed by atoms with Gasteiger partial charge in [-0.2, -0.15) is 0 Å². The van der Waals surface area contributed by atoms with Gasteiger partial charge in [-0.25, -0.2) is 9.37 Å². The van der Waals surface area contributed by atoms with Gasteiger partial charge in [0.05, 0.1) is 11.0 Å². The molecule has 0 spiro atoms. The van der Waals surface area contributed by atoms with Crippen LogP contribution < -0.4 is 0 Å². The van der Waals surface area contributed by atoms with Gasteiger partial charge in [0.1, 0.15) is 11.6 Å². The Bertz CT molecular complexity index is 688. The van der Waals surface area contributed by atoms with Gasteiger partial charge in [0, 0.05) is 17.5 Å². The van der Waals surface area contributed by atoms with Gasteiger partial charge in [0.2, 0.25) is 0 Å². The number of benzene rings is 1. The molecule has 3 rings (SSSR count). The van der Waals surface area contributed by atoms with Crippen molar-refractivity contribution in [1.82, 2.24) is 15.0 Å². The number of hydrogen-bond acceptors (Lipinski definition) is 2. The summed E-state index contributed by atoms with van der Waals surface area (Å²) in [5, 5.41) is 0. The number of nitrogens with one attached hydrogen (secondary N) is 1. The number of imidazole rings is 1. The lowest BCUT2D eigenvalue weighted by molar-refractivity contribution is 0.629. The predicted octanol–water partition coefficient (Wildman–Crippen LogP) is 3.07. The van der Waals surface area contributed by atoms with E-state index in [1.165, 1.54) is 12.1 Å². The van der Waals surface area contributed by atoms with Crippen LogP contribution in [0.3, 0.4) is 0 Å². The lowest BCUT2D eigenvalue weighted by atomic mass is 10.2. The van der Waals surface area contributed by atoms with Crippen molar-refractivity contribution in [2.75, 3.05) is 0 Å². The first-order chi connectivity index (χ1) is 8.24. The lowest BCUT2D eigenvalue weighted by Gasteiger charge is -1.99. The van der Waals surface area contributed by atoms with Crippen LogP contribution in [0.2, 0.25) is 0 Å². The summed E-state index contributed by atoms with van der Waals surface area (Å²) < 4.78 is 13.1. The van der Waals surface area contributed by atoms with Crippen molar-refractivity contribution in [3.8, 4) is 11.4 Å². The van der Waals surface area contributed by atoms with Crippen LogP contribution in [0, 0.1) is 12.7 Å². The highest BCUT2D eigenvalue weighted by molar-refractivity contribution is 5.79. The molecule has 0 saturated carbocycles. The number of halogens is 1. The molecule has 0 amide bonds. The largest absolute Gasteiger partial charge is 0.338 e. The smallest absolute Gasteiger partial charge is 0.140 e. The van der Waals surface area contributed by atoms with Gasteiger partial charge in [-0.05, 0) is 37.3 Å². The summed E-state index contributed by atoms with van der Waals surface area (Å²) in [4.78, 5) is 11.7. The van der Waals surface area contributed by atoms with Crippen LogP contribution in [-0.4, -0.2) is 15.0 Å². The zero-order valence-electron chi connectivity index (χ0n) is 9.24. The number of aryl methyl sites for hydroxylation is 1. The summed E-state index contributed by atoms with van der Waals surface area (Å²) in [6.45, 7) is 1.92. The molecule has 1 N–H and O–H groups in total. The summed E-state index contributed by atoms with van der Waals surface area (Å²) >= 11 is 0. The lowest BCUT2D eigenvalue weighted by Crippen LogP contribution is -1.87. The summed E-state index contributed by atoms with van der Waals surface area (Å²) in [5.41, 5.74) is 3.28. The van der Waals surface area contributed by atoms with Crippen molar-refractivity contribution in [2.24, 2.45) is 0 Å². The standard InChI is InChI=1S/C13H10FN3/c1-8-10(3-2-6-15-8)13-16-11-5-4-9(14)7-12(11)17-13/h2-7H,1H3,(H,16,17). The van der Waals surface area contributed by atoms with Crippen molar-refractivity contribution in [3.05, 3.63) is 48.0 Å². The minimum atomic E-state index is -0.268. The second kappa shape index (κ2) is 3.66. The minimum absolute atomic E-state index is 0.268. The Morgan fingerprint density at radius 1 is 1.24 bits per heavy atom. The maximum Gasteiger partial charge on any atom is 0.140 e. The summed E-state index contributed by atoms with van der Waals surface area (Å²) in [6.07, 6.45) is 1.74. The maximum atomic E-state index is 13.1. The monoisotopic (exact) mass is 227 g/mol. The number of nitrogens with zero attached hydrogens (tertiary/aromatic N) is 2. The first kappa shape index (κ1) is 9.96. The fraction of sp³-hybridized carbons (Fsp3) is 0.0769. The van der Waals surface area contributed by atoms with Crippen molar-refractivity contribution in [1.29, 1.82) is 0 Å². The molecule has 0 bridgehead atoms. The Morgan fingerprint density at radius 2 is 2.12 bits per heavy atom. The third kappa shape index (κ3) is 1.67. The molecular formula is C13H10FN3. The van der Waals surface area contributed by atoms with Crippen LogP contribution in [0.4, 0.5) is 4.39 Å². The molecule has 4 heteroatoms. The average molecular weight is 227 g/mol. The number of aromatic amines is 1. The number of pyridine rings is 1. The molecule has 0 aliphatic rings. The Kier molecular flexibility index (Phi) is 2.14. The third-order valence-electron chi connectivity index (χ3n) is 2.71. The minimum Gasteiger partial charge on any atom is -0.338 e. The van der Waals surface area contributed by atoms with E-state index in [2.05, 4.69) is 15.0 Å². The molecule has 0 aliphatic carbocycles. The zero-order valence-corrected chi connectivity index (χ0v) is 9.24. The number of hydrogen-bond donors (Lipinski definition) is 1. The SMILES string of the molecule is Cc1ncccc1-c1nc2ccc(F)cc2[nH]1. The van der Waals surface area contributed by atoms with Crippen molar-refractivity contribution < 1.29 is 4.39 Å². The summed E-state index contributed by atoms with van der Waals surface area (Å²) in [6, 6.07) is 8.31. The normalized spacial score (nSPS) is 10.9. The van der Waals surface area contributed by atoms with E-state index < -0.39 is 0 Å². The zero-order chi connectivity index (χ0) is 11.8. The van der Waals surface area contributed by atoms with Crippen molar-refractivity contribution >= 4 is 11.0 Å². The van der Waals surface area contributed by atoms with Gasteiger partial charge in [0.25, 0.3) is 0 Å². The molecule has 3 nitrogen and oxygen atoms in total. The topological polar surface area (TPSA) is 41.6 Å². The molecule has 0 aliphatic heterocycles. The van der Waals surface area contributed by atoms with E-state index in [0.29, 0.717) is 5.52 Å². The first-order valence-electron chi connectivity index (χ1n) is 5.31. The van der Waals surface area contributed by atoms with E-state index >= 15 is 0 Å². The second-order valence-electron chi connectivity index (χ2n) is 3.88. The number of rotatable bonds is 1. The van der Waals surface area contributed by atoms with Gasteiger partial charge in [-0.15, -0.1) is 0 Å². The fourth-order valence-electron chi connectivity index (χ4n) is 1.84. The van der Waals surface area contributed by atoms with Crippen molar-refractivity contribution in [3.63, 3.8) is 0 Å². The Balaban J connectivity index is 2.22. The maximum absolute atomic E-state index is 13.1. The summed E-state index contributed by atoms with van der Waals surface area (Å²) in [7, 11) is 0. The van der Waals surface area contributed by atoms with Gasteiger partial charge in [0.15, 0.2) is 0 Å². The predicted molar refractivity (Wildman–Crippen MR) is 64.0 cm³/mol. The third-order valence-corrected chi connectivity index (χ3v) is 2.71. The molecule has 1 aromatic carbocycles. The first-order valence-corrected chi connectivity index (χ1v) is 5.31. The van der Waals surface area contributed by atoms with E-state index in [0.717, 1.165) is 22.6 Å². The molecule has 84 valence electrons. The molecule has 0 atom stereocenters. The quantitative estimate of drug-likeness (QED) is 0.694. The second-order valence-corrected chi connectivity index (χ2v) is 3.88. The van der Waals surface area contributed by atoms with Crippen LogP contribution in [0.15, 0.2) is 36.5 Å². The van der Waals surface area contributed by atoms with E-state index in [1.807, 2.05) is 19.1 Å². The van der Waals surface area contributed by atoms with Crippen LogP contribution in [0.1, 0.15) is 5.69 Å². The highest BCUT2D eigenvalue weighted by Crippen LogP contribution is 2.22. The Morgan fingerprint density at radius 3 is 2.94 bits per heavy atom. The molecule has 0 saturated heterocycles. The van der Waals surface area contributed by atoms with Crippen LogP contribution >= 0.6 is 0 Å². The highest BCUT2D eigenvalue weighted by Gasteiger charge is 2.08. The fourth-order valence-corrected chi connectivity index (χ4v) is 1.84. The number of fused-ring (bicyclic) bond motifs is 1. The van der Waals surface area contributed by atoms with Gasteiger partial charge >= 0.3 is 0 Å². The Hall–Kier alpha value is -2.23. The highest BCUT2D eigenvalue weighted by atomic mass is 19.1. The molecule has 3 aromatic rings. The number of H-pyrrole nitrogens is 1.